The fraction of sp³-hybridized carbons (Fsp3) is 0.480. The monoisotopic (exact) mass is 406 g/mol. The number of piperazine rings is 1. The lowest BCUT2D eigenvalue weighted by Gasteiger charge is -2.35. The predicted molar refractivity (Wildman–Crippen MR) is 122 cm³/mol. The van der Waals surface area contributed by atoms with Crippen molar-refractivity contribution in [2.24, 2.45) is 5.92 Å². The molecule has 1 N–H and O–H groups in total. The molecule has 5 nitrogen and oxygen atoms in total. The zero-order valence-electron chi connectivity index (χ0n) is 18.1. The Morgan fingerprint density at radius 3 is 2.50 bits per heavy atom. The topological polar surface area (TPSA) is 38.8 Å². The first-order chi connectivity index (χ1) is 14.7. The molecular weight excluding hydrogens is 372 g/mol. The number of rotatable bonds is 6. The van der Waals surface area contributed by atoms with Gasteiger partial charge in [-0.05, 0) is 43.6 Å². The Hall–Kier alpha value is -2.37. The number of likely N-dealkylation sites (N-methyl/N-ethyl adjacent to an activating group) is 1. The Morgan fingerprint density at radius 1 is 0.967 bits per heavy atom. The Kier molecular flexibility index (Phi) is 7.03. The van der Waals surface area contributed by atoms with E-state index in [2.05, 4.69) is 81.7 Å². The summed E-state index contributed by atoms with van der Waals surface area (Å²) in [6, 6.07) is 19.1. The van der Waals surface area contributed by atoms with Crippen LogP contribution in [0.25, 0.3) is 0 Å². The van der Waals surface area contributed by atoms with Gasteiger partial charge in [-0.1, -0.05) is 48.5 Å². The van der Waals surface area contributed by atoms with Crippen LogP contribution < -0.4 is 10.2 Å². The van der Waals surface area contributed by atoms with E-state index in [9.17, 15) is 4.79 Å². The predicted octanol–water partition coefficient (Wildman–Crippen LogP) is 2.97. The number of benzene rings is 2. The van der Waals surface area contributed by atoms with Crippen LogP contribution in [0.3, 0.4) is 0 Å². The summed E-state index contributed by atoms with van der Waals surface area (Å²) in [6.07, 6.45) is 2.07. The molecule has 0 bridgehead atoms. The van der Waals surface area contributed by atoms with Gasteiger partial charge in [0.05, 0.1) is 5.92 Å². The zero-order valence-corrected chi connectivity index (χ0v) is 18.1. The third-order valence-corrected chi connectivity index (χ3v) is 6.41. The highest BCUT2D eigenvalue weighted by Gasteiger charge is 2.26. The SMILES string of the molecule is CN1CCN(c2ccccc2CNC(=O)C2CCCN(Cc3ccccc3)C2)CC1. The van der Waals surface area contributed by atoms with Crippen LogP contribution >= 0.6 is 0 Å². The number of likely N-dealkylation sites (tertiary alicyclic amines) is 1. The van der Waals surface area contributed by atoms with Crippen molar-refractivity contribution in [3.05, 3.63) is 65.7 Å². The zero-order chi connectivity index (χ0) is 20.8. The van der Waals surface area contributed by atoms with Gasteiger partial charge in [-0.25, -0.2) is 0 Å². The van der Waals surface area contributed by atoms with Gasteiger partial charge in [-0.15, -0.1) is 0 Å². The van der Waals surface area contributed by atoms with Crippen molar-refractivity contribution in [3.8, 4) is 0 Å². The molecule has 1 amide bonds. The van der Waals surface area contributed by atoms with Crippen LogP contribution in [-0.2, 0) is 17.9 Å². The summed E-state index contributed by atoms with van der Waals surface area (Å²) < 4.78 is 0. The Morgan fingerprint density at radius 2 is 1.70 bits per heavy atom. The summed E-state index contributed by atoms with van der Waals surface area (Å²) in [5, 5.41) is 3.24. The second-order valence-corrected chi connectivity index (χ2v) is 8.70. The van der Waals surface area contributed by atoms with Crippen LogP contribution in [0.15, 0.2) is 54.6 Å². The number of amides is 1. The molecule has 2 aromatic rings. The van der Waals surface area contributed by atoms with Crippen molar-refractivity contribution in [1.82, 2.24) is 15.1 Å². The molecule has 2 aromatic carbocycles. The molecule has 2 aliphatic rings. The van der Waals surface area contributed by atoms with Gasteiger partial charge in [0.2, 0.25) is 5.91 Å². The summed E-state index contributed by atoms with van der Waals surface area (Å²) in [4.78, 5) is 20.2. The smallest absolute Gasteiger partial charge is 0.224 e. The molecule has 0 aliphatic carbocycles. The maximum absolute atomic E-state index is 12.9. The highest BCUT2D eigenvalue weighted by Crippen LogP contribution is 2.23. The largest absolute Gasteiger partial charge is 0.369 e. The van der Waals surface area contributed by atoms with Gasteiger partial charge in [0.15, 0.2) is 0 Å². The van der Waals surface area contributed by atoms with Crippen molar-refractivity contribution in [2.45, 2.75) is 25.9 Å². The van der Waals surface area contributed by atoms with Crippen molar-refractivity contribution >= 4 is 11.6 Å². The Balaban J connectivity index is 1.32. The molecule has 0 radical (unpaired) electrons. The summed E-state index contributed by atoms with van der Waals surface area (Å²) in [7, 11) is 2.18. The van der Waals surface area contributed by atoms with Crippen LogP contribution in [0, 0.1) is 5.92 Å². The second kappa shape index (κ2) is 10.1. The van der Waals surface area contributed by atoms with Crippen LogP contribution in [0.2, 0.25) is 0 Å². The van der Waals surface area contributed by atoms with Crippen molar-refractivity contribution in [2.75, 3.05) is 51.2 Å². The number of nitrogens with one attached hydrogen (secondary N) is 1. The first-order valence-electron chi connectivity index (χ1n) is 11.2. The molecule has 0 saturated carbocycles. The van der Waals surface area contributed by atoms with Crippen molar-refractivity contribution in [1.29, 1.82) is 0 Å². The number of piperidine rings is 1. The molecule has 1 atom stereocenters. The maximum Gasteiger partial charge on any atom is 0.224 e. The maximum atomic E-state index is 12.9. The van der Waals surface area contributed by atoms with Crippen LogP contribution in [0.5, 0.6) is 0 Å². The van der Waals surface area contributed by atoms with E-state index in [1.54, 1.807) is 0 Å². The molecule has 2 saturated heterocycles. The van der Waals surface area contributed by atoms with E-state index >= 15 is 0 Å². The number of anilines is 1. The van der Waals surface area contributed by atoms with Crippen LogP contribution in [0.4, 0.5) is 5.69 Å². The lowest BCUT2D eigenvalue weighted by molar-refractivity contribution is -0.126. The van der Waals surface area contributed by atoms with Gasteiger partial charge in [0, 0.05) is 51.5 Å². The van der Waals surface area contributed by atoms with E-state index in [1.165, 1.54) is 16.8 Å². The van der Waals surface area contributed by atoms with E-state index in [-0.39, 0.29) is 11.8 Å². The summed E-state index contributed by atoms with van der Waals surface area (Å²) in [5.74, 6) is 0.277. The van der Waals surface area contributed by atoms with Gasteiger partial charge in [0.25, 0.3) is 0 Å². The quantitative estimate of drug-likeness (QED) is 0.801. The molecule has 0 aromatic heterocycles. The number of carbonyl (C=O) groups is 1. The van der Waals surface area contributed by atoms with E-state index < -0.39 is 0 Å². The van der Waals surface area contributed by atoms with E-state index in [0.717, 1.165) is 58.7 Å². The van der Waals surface area contributed by atoms with Gasteiger partial charge in [-0.3, -0.25) is 9.69 Å². The fourth-order valence-electron chi connectivity index (χ4n) is 4.60. The summed E-state index contributed by atoms with van der Waals surface area (Å²) >= 11 is 0. The fourth-order valence-corrected chi connectivity index (χ4v) is 4.60. The normalized spacial score (nSPS) is 20.8. The number of hydrogen-bond acceptors (Lipinski definition) is 4. The number of carbonyl (C=O) groups excluding carboxylic acids is 1. The van der Waals surface area contributed by atoms with Crippen molar-refractivity contribution < 1.29 is 4.79 Å². The number of hydrogen-bond donors (Lipinski definition) is 1. The first kappa shape index (κ1) is 20.9. The summed E-state index contributed by atoms with van der Waals surface area (Å²) in [5.41, 5.74) is 3.80. The molecule has 1 unspecified atom stereocenters. The Bertz CT molecular complexity index is 817. The minimum Gasteiger partial charge on any atom is -0.369 e. The summed E-state index contributed by atoms with van der Waals surface area (Å²) in [6.45, 7) is 7.70. The van der Waals surface area contributed by atoms with Gasteiger partial charge >= 0.3 is 0 Å². The van der Waals surface area contributed by atoms with E-state index in [1.807, 2.05) is 0 Å². The minimum atomic E-state index is 0.0817. The van der Waals surface area contributed by atoms with Gasteiger partial charge in [0.1, 0.15) is 0 Å². The Labute approximate surface area is 180 Å². The third kappa shape index (κ3) is 5.41. The molecule has 2 fully saturated rings. The number of para-hydroxylation sites is 1. The molecule has 4 rings (SSSR count). The second-order valence-electron chi connectivity index (χ2n) is 8.70. The molecule has 2 heterocycles. The standard InChI is InChI=1S/C25H34N4O/c1-27-14-16-29(17-15-27)24-12-6-5-10-22(24)18-26-25(30)23-11-7-13-28(20-23)19-21-8-3-2-4-9-21/h2-6,8-10,12,23H,7,11,13-20H2,1H3,(H,26,30). The average molecular weight is 407 g/mol. The highest BCUT2D eigenvalue weighted by molar-refractivity contribution is 5.79. The molecule has 30 heavy (non-hydrogen) atoms. The lowest BCUT2D eigenvalue weighted by atomic mass is 9.96. The lowest BCUT2D eigenvalue weighted by Crippen LogP contribution is -2.45. The molecule has 5 heteroatoms. The van der Waals surface area contributed by atoms with E-state index in [4.69, 9.17) is 0 Å². The van der Waals surface area contributed by atoms with Crippen LogP contribution in [-0.4, -0.2) is 62.0 Å². The molecule has 2 aliphatic heterocycles. The van der Waals surface area contributed by atoms with Crippen molar-refractivity contribution in [3.63, 3.8) is 0 Å². The molecular formula is C25H34N4O. The molecule has 0 spiro atoms. The van der Waals surface area contributed by atoms with Gasteiger partial charge < -0.3 is 15.1 Å². The first-order valence-corrected chi connectivity index (χ1v) is 11.2. The number of nitrogens with zero attached hydrogens (tertiary/aromatic N) is 3. The molecule has 160 valence electrons. The van der Waals surface area contributed by atoms with Crippen LogP contribution in [0.1, 0.15) is 24.0 Å². The minimum absolute atomic E-state index is 0.0817. The highest BCUT2D eigenvalue weighted by atomic mass is 16.1. The third-order valence-electron chi connectivity index (χ3n) is 6.41. The average Bonchev–Trinajstić information content (AvgIpc) is 2.79. The van der Waals surface area contributed by atoms with Gasteiger partial charge in [-0.2, -0.15) is 0 Å². The van der Waals surface area contributed by atoms with E-state index in [0.29, 0.717) is 6.54 Å².